The molecule has 0 saturated heterocycles. The molecule has 1 aliphatic carbocycles. The summed E-state index contributed by atoms with van der Waals surface area (Å²) in [5.74, 6) is 0.924. The maximum Gasteiger partial charge on any atom is 0.0251 e. The highest BCUT2D eigenvalue weighted by Crippen LogP contribution is 2.38. The summed E-state index contributed by atoms with van der Waals surface area (Å²) >= 11 is 2.09. The second-order valence-corrected chi connectivity index (χ2v) is 7.19. The van der Waals surface area contributed by atoms with E-state index in [1.807, 2.05) is 0 Å². The minimum atomic E-state index is 0.675. The summed E-state index contributed by atoms with van der Waals surface area (Å²) in [5.41, 5.74) is 2.79. The third-order valence-electron chi connectivity index (χ3n) is 4.46. The van der Waals surface area contributed by atoms with Gasteiger partial charge in [-0.3, -0.25) is 0 Å². The number of hydrogen-bond acceptors (Lipinski definition) is 2. The molecule has 0 bridgehead atoms. The highest BCUT2D eigenvalue weighted by molar-refractivity contribution is 8.00. The van der Waals surface area contributed by atoms with E-state index in [0.29, 0.717) is 6.04 Å². The minimum absolute atomic E-state index is 0.675. The molecule has 3 atom stereocenters. The lowest BCUT2D eigenvalue weighted by molar-refractivity contribution is 0.304. The standard InChI is InChI=1S/C17H27NS/c1-5-14-7-8-15(18-4)17(11-14)19-16-9-6-12(2)10-13(16)3/h6,9-10,14-15,17-18H,5,7-8,11H2,1-4H3. The van der Waals surface area contributed by atoms with Crippen LogP contribution in [0.15, 0.2) is 23.1 Å². The van der Waals surface area contributed by atoms with Crippen molar-refractivity contribution in [1.29, 1.82) is 0 Å². The third-order valence-corrected chi connectivity index (χ3v) is 5.99. The predicted molar refractivity (Wildman–Crippen MR) is 86.0 cm³/mol. The maximum atomic E-state index is 3.53. The second-order valence-electron chi connectivity index (χ2n) is 5.91. The van der Waals surface area contributed by atoms with Crippen LogP contribution in [0.2, 0.25) is 0 Å². The summed E-state index contributed by atoms with van der Waals surface area (Å²) in [7, 11) is 2.12. The summed E-state index contributed by atoms with van der Waals surface area (Å²) in [4.78, 5) is 1.47. The van der Waals surface area contributed by atoms with Gasteiger partial charge in [0.15, 0.2) is 0 Å². The van der Waals surface area contributed by atoms with Gasteiger partial charge in [0.2, 0.25) is 0 Å². The van der Waals surface area contributed by atoms with Crippen LogP contribution in [-0.2, 0) is 0 Å². The van der Waals surface area contributed by atoms with Crippen LogP contribution in [-0.4, -0.2) is 18.3 Å². The van der Waals surface area contributed by atoms with Crippen LogP contribution in [0, 0.1) is 19.8 Å². The van der Waals surface area contributed by atoms with Crippen LogP contribution in [0.3, 0.4) is 0 Å². The van der Waals surface area contributed by atoms with Gasteiger partial charge in [-0.05, 0) is 57.7 Å². The number of nitrogens with one attached hydrogen (secondary N) is 1. The summed E-state index contributed by atoms with van der Waals surface area (Å²) in [6.07, 6.45) is 5.42. The first-order valence-corrected chi connectivity index (χ1v) is 8.43. The van der Waals surface area contributed by atoms with Crippen molar-refractivity contribution in [2.75, 3.05) is 7.05 Å². The molecule has 3 unspecified atom stereocenters. The van der Waals surface area contributed by atoms with Crippen molar-refractivity contribution >= 4 is 11.8 Å². The highest BCUT2D eigenvalue weighted by atomic mass is 32.2. The van der Waals surface area contributed by atoms with Crippen LogP contribution >= 0.6 is 11.8 Å². The Morgan fingerprint density at radius 1 is 1.26 bits per heavy atom. The third kappa shape index (κ3) is 3.76. The number of aryl methyl sites for hydroxylation is 2. The van der Waals surface area contributed by atoms with Gasteiger partial charge in [0.25, 0.3) is 0 Å². The zero-order valence-corrected chi connectivity index (χ0v) is 13.5. The molecule has 19 heavy (non-hydrogen) atoms. The molecule has 0 aliphatic heterocycles. The molecular formula is C17H27NS. The molecule has 0 radical (unpaired) electrons. The molecule has 2 rings (SSSR count). The van der Waals surface area contributed by atoms with Gasteiger partial charge < -0.3 is 5.32 Å². The van der Waals surface area contributed by atoms with E-state index in [1.165, 1.54) is 41.7 Å². The predicted octanol–water partition coefficient (Wildman–Crippen LogP) is 4.56. The van der Waals surface area contributed by atoms with Crippen LogP contribution < -0.4 is 5.32 Å². The highest BCUT2D eigenvalue weighted by Gasteiger charge is 2.29. The number of thioether (sulfide) groups is 1. The zero-order valence-electron chi connectivity index (χ0n) is 12.7. The molecule has 0 heterocycles. The number of hydrogen-bond donors (Lipinski definition) is 1. The van der Waals surface area contributed by atoms with Crippen LogP contribution in [0.1, 0.15) is 43.7 Å². The average Bonchev–Trinajstić information content (AvgIpc) is 2.41. The van der Waals surface area contributed by atoms with Crippen molar-refractivity contribution in [2.45, 2.75) is 62.6 Å². The lowest BCUT2D eigenvalue weighted by Gasteiger charge is -2.35. The Morgan fingerprint density at radius 2 is 2.05 bits per heavy atom. The Morgan fingerprint density at radius 3 is 2.68 bits per heavy atom. The smallest absolute Gasteiger partial charge is 0.0251 e. The molecule has 106 valence electrons. The van der Waals surface area contributed by atoms with Gasteiger partial charge >= 0.3 is 0 Å². The van der Waals surface area contributed by atoms with Gasteiger partial charge in [-0.25, -0.2) is 0 Å². The van der Waals surface area contributed by atoms with Crippen molar-refractivity contribution in [1.82, 2.24) is 5.32 Å². The molecule has 2 heteroatoms. The van der Waals surface area contributed by atoms with Crippen LogP contribution in [0.25, 0.3) is 0 Å². The molecule has 0 amide bonds. The van der Waals surface area contributed by atoms with E-state index in [0.717, 1.165) is 11.2 Å². The summed E-state index contributed by atoms with van der Waals surface area (Å²) in [5, 5.41) is 4.26. The van der Waals surface area contributed by atoms with Gasteiger partial charge in [0, 0.05) is 16.2 Å². The summed E-state index contributed by atoms with van der Waals surface area (Å²) in [6, 6.07) is 7.52. The quantitative estimate of drug-likeness (QED) is 0.865. The fourth-order valence-electron chi connectivity index (χ4n) is 3.14. The van der Waals surface area contributed by atoms with Crippen molar-refractivity contribution in [3.63, 3.8) is 0 Å². The molecule has 1 saturated carbocycles. The zero-order chi connectivity index (χ0) is 13.8. The topological polar surface area (TPSA) is 12.0 Å². The fourth-order valence-corrected chi connectivity index (χ4v) is 4.66. The summed E-state index contributed by atoms with van der Waals surface area (Å²) < 4.78 is 0. The van der Waals surface area contributed by atoms with Gasteiger partial charge in [0.05, 0.1) is 0 Å². The van der Waals surface area contributed by atoms with Crippen LogP contribution in [0.5, 0.6) is 0 Å². The SMILES string of the molecule is CCC1CCC(NC)C(Sc2ccc(C)cc2C)C1. The number of benzene rings is 1. The van der Waals surface area contributed by atoms with E-state index in [2.05, 4.69) is 63.1 Å². The Labute approximate surface area is 122 Å². The molecule has 1 fully saturated rings. The van der Waals surface area contributed by atoms with Crippen molar-refractivity contribution < 1.29 is 0 Å². The molecule has 1 N–H and O–H groups in total. The Hall–Kier alpha value is -0.470. The average molecular weight is 277 g/mol. The monoisotopic (exact) mass is 277 g/mol. The molecule has 1 nitrogen and oxygen atoms in total. The Kier molecular flexibility index (Phi) is 5.35. The van der Waals surface area contributed by atoms with E-state index in [4.69, 9.17) is 0 Å². The van der Waals surface area contributed by atoms with E-state index in [1.54, 1.807) is 0 Å². The minimum Gasteiger partial charge on any atom is -0.316 e. The lowest BCUT2D eigenvalue weighted by Crippen LogP contribution is -2.40. The Bertz CT molecular complexity index is 416. The van der Waals surface area contributed by atoms with Crippen LogP contribution in [0.4, 0.5) is 0 Å². The normalized spacial score (nSPS) is 27.5. The van der Waals surface area contributed by atoms with Gasteiger partial charge in [-0.2, -0.15) is 0 Å². The molecule has 0 spiro atoms. The molecule has 0 aromatic heterocycles. The molecule has 1 aliphatic rings. The first-order valence-electron chi connectivity index (χ1n) is 7.55. The molecular weight excluding hydrogens is 250 g/mol. The van der Waals surface area contributed by atoms with E-state index < -0.39 is 0 Å². The second kappa shape index (κ2) is 6.81. The largest absolute Gasteiger partial charge is 0.316 e. The van der Waals surface area contributed by atoms with E-state index in [-0.39, 0.29) is 0 Å². The first-order chi connectivity index (χ1) is 9.13. The van der Waals surface area contributed by atoms with Gasteiger partial charge in [-0.15, -0.1) is 11.8 Å². The van der Waals surface area contributed by atoms with E-state index in [9.17, 15) is 0 Å². The first kappa shape index (κ1) is 14.9. The van der Waals surface area contributed by atoms with Crippen molar-refractivity contribution in [2.24, 2.45) is 5.92 Å². The molecule has 1 aromatic carbocycles. The summed E-state index contributed by atoms with van der Waals surface area (Å²) in [6.45, 7) is 6.75. The molecule has 1 aromatic rings. The Balaban J connectivity index is 2.09. The van der Waals surface area contributed by atoms with Gasteiger partial charge in [0.1, 0.15) is 0 Å². The number of rotatable bonds is 4. The lowest BCUT2D eigenvalue weighted by atomic mass is 9.84. The van der Waals surface area contributed by atoms with Crippen molar-refractivity contribution in [3.8, 4) is 0 Å². The fraction of sp³-hybridized carbons (Fsp3) is 0.647. The van der Waals surface area contributed by atoms with Gasteiger partial charge in [-0.1, -0.05) is 31.0 Å². The van der Waals surface area contributed by atoms with E-state index >= 15 is 0 Å². The van der Waals surface area contributed by atoms with Crippen molar-refractivity contribution in [3.05, 3.63) is 29.3 Å². The maximum absolute atomic E-state index is 3.53.